The second-order valence-electron chi connectivity index (χ2n) is 3.91. The van der Waals surface area contributed by atoms with Crippen LogP contribution in [0.25, 0.3) is 0 Å². The van der Waals surface area contributed by atoms with Gasteiger partial charge < -0.3 is 15.3 Å². The molecule has 0 radical (unpaired) electrons. The van der Waals surface area contributed by atoms with Crippen LogP contribution in [-0.4, -0.2) is 35.1 Å². The Hall–Kier alpha value is -2.25. The molecule has 0 saturated carbocycles. The lowest BCUT2D eigenvalue weighted by Gasteiger charge is -2.19. The molecule has 0 bridgehead atoms. The fraction of sp³-hybridized carbons (Fsp3) is 0.333. The third-order valence-corrected chi connectivity index (χ3v) is 2.46. The van der Waals surface area contributed by atoms with Gasteiger partial charge in [0.25, 0.3) is 0 Å². The highest BCUT2D eigenvalue weighted by Crippen LogP contribution is 2.29. The molecular weight excluding hydrogens is 277 g/mol. The van der Waals surface area contributed by atoms with Crippen LogP contribution in [0.1, 0.15) is 12.5 Å². The van der Waals surface area contributed by atoms with Crippen LogP contribution in [0.3, 0.4) is 0 Å². The number of urea groups is 1. The quantitative estimate of drug-likeness (QED) is 0.895. The maximum atomic E-state index is 12.3. The minimum Gasteiger partial charge on any atom is -0.480 e. The minimum atomic E-state index is -4.44. The Labute approximate surface area is 113 Å². The van der Waals surface area contributed by atoms with Crippen molar-refractivity contribution in [3.05, 3.63) is 29.8 Å². The van der Waals surface area contributed by atoms with Gasteiger partial charge in [-0.05, 0) is 31.2 Å². The van der Waals surface area contributed by atoms with Gasteiger partial charge in [0.05, 0.1) is 5.56 Å². The number of halogens is 3. The molecular formula is C12H13F3N2O3. The summed E-state index contributed by atoms with van der Waals surface area (Å²) in [5, 5.41) is 10.9. The van der Waals surface area contributed by atoms with E-state index in [1.807, 2.05) is 0 Å². The van der Waals surface area contributed by atoms with Crippen molar-refractivity contribution in [3.63, 3.8) is 0 Å². The summed E-state index contributed by atoms with van der Waals surface area (Å²) in [5.74, 6) is -1.17. The summed E-state index contributed by atoms with van der Waals surface area (Å²) >= 11 is 0. The molecule has 1 aromatic carbocycles. The van der Waals surface area contributed by atoms with Gasteiger partial charge in [-0.1, -0.05) is 0 Å². The van der Waals surface area contributed by atoms with E-state index in [0.717, 1.165) is 29.2 Å². The van der Waals surface area contributed by atoms with Crippen LogP contribution in [0.2, 0.25) is 0 Å². The Morgan fingerprint density at radius 2 is 1.80 bits per heavy atom. The molecule has 1 aromatic rings. The normalized spacial score (nSPS) is 11.0. The highest BCUT2D eigenvalue weighted by atomic mass is 19.4. The highest BCUT2D eigenvalue weighted by molar-refractivity contribution is 5.91. The van der Waals surface area contributed by atoms with Crippen molar-refractivity contribution in [2.75, 3.05) is 18.4 Å². The average Bonchev–Trinajstić information content (AvgIpc) is 2.35. The fourth-order valence-corrected chi connectivity index (χ4v) is 1.44. The van der Waals surface area contributed by atoms with Gasteiger partial charge in [-0.15, -0.1) is 0 Å². The molecule has 0 aliphatic rings. The number of carboxylic acids is 1. The highest BCUT2D eigenvalue weighted by Gasteiger charge is 2.30. The molecule has 0 saturated heterocycles. The van der Waals surface area contributed by atoms with Crippen LogP contribution in [0.4, 0.5) is 23.7 Å². The zero-order valence-electron chi connectivity index (χ0n) is 10.6. The lowest BCUT2D eigenvalue weighted by Crippen LogP contribution is -2.38. The van der Waals surface area contributed by atoms with E-state index in [2.05, 4.69) is 5.32 Å². The van der Waals surface area contributed by atoms with Crippen molar-refractivity contribution >= 4 is 17.7 Å². The second kappa shape index (κ2) is 6.27. The number of carbonyl (C=O) groups is 2. The number of alkyl halides is 3. The van der Waals surface area contributed by atoms with E-state index >= 15 is 0 Å². The third-order valence-electron chi connectivity index (χ3n) is 2.46. The van der Waals surface area contributed by atoms with Crippen LogP contribution < -0.4 is 5.32 Å². The predicted octanol–water partition coefficient (Wildman–Crippen LogP) is 2.64. The van der Waals surface area contributed by atoms with Crippen molar-refractivity contribution in [1.29, 1.82) is 0 Å². The maximum Gasteiger partial charge on any atom is 0.416 e. The van der Waals surface area contributed by atoms with Crippen molar-refractivity contribution in [2.24, 2.45) is 0 Å². The standard InChI is InChI=1S/C12H13F3N2O3/c1-2-17(7-10(18)19)11(20)16-9-5-3-8(4-6-9)12(13,14)15/h3-6H,2,7H2,1H3,(H,16,20)(H,18,19). The number of nitrogens with zero attached hydrogens (tertiary/aromatic N) is 1. The number of hydrogen-bond acceptors (Lipinski definition) is 2. The zero-order valence-corrected chi connectivity index (χ0v) is 10.6. The number of carboxylic acid groups (broad SMARTS) is 1. The van der Waals surface area contributed by atoms with Gasteiger partial charge in [-0.25, -0.2) is 4.79 Å². The molecule has 20 heavy (non-hydrogen) atoms. The van der Waals surface area contributed by atoms with E-state index in [0.29, 0.717) is 0 Å². The van der Waals surface area contributed by atoms with Crippen LogP contribution >= 0.6 is 0 Å². The van der Waals surface area contributed by atoms with Crippen LogP contribution in [0.5, 0.6) is 0 Å². The number of hydrogen-bond donors (Lipinski definition) is 2. The summed E-state index contributed by atoms with van der Waals surface area (Å²) in [6.07, 6.45) is -4.44. The summed E-state index contributed by atoms with van der Waals surface area (Å²) in [6, 6.07) is 3.20. The molecule has 0 unspecified atom stereocenters. The number of nitrogens with one attached hydrogen (secondary N) is 1. The Bertz CT molecular complexity index is 486. The van der Waals surface area contributed by atoms with Gasteiger partial charge in [0.1, 0.15) is 6.54 Å². The third kappa shape index (κ3) is 4.45. The molecule has 2 N–H and O–H groups in total. The molecule has 0 heterocycles. The van der Waals surface area contributed by atoms with Crippen LogP contribution in [0.15, 0.2) is 24.3 Å². The van der Waals surface area contributed by atoms with E-state index < -0.39 is 30.3 Å². The lowest BCUT2D eigenvalue weighted by molar-refractivity contribution is -0.138. The van der Waals surface area contributed by atoms with Crippen LogP contribution in [0, 0.1) is 0 Å². The summed E-state index contributed by atoms with van der Waals surface area (Å²) in [4.78, 5) is 23.2. The van der Waals surface area contributed by atoms with Gasteiger partial charge in [0.15, 0.2) is 0 Å². The first kappa shape index (κ1) is 15.8. The number of rotatable bonds is 4. The molecule has 0 atom stereocenters. The number of amides is 2. The lowest BCUT2D eigenvalue weighted by atomic mass is 10.2. The van der Waals surface area contributed by atoms with Gasteiger partial charge in [-0.3, -0.25) is 4.79 Å². The molecule has 1 rings (SSSR count). The van der Waals surface area contributed by atoms with Gasteiger partial charge in [0, 0.05) is 12.2 Å². The first-order valence-corrected chi connectivity index (χ1v) is 5.69. The molecule has 0 aliphatic heterocycles. The Morgan fingerprint density at radius 1 is 1.25 bits per heavy atom. The average molecular weight is 290 g/mol. The predicted molar refractivity (Wildman–Crippen MR) is 65.3 cm³/mol. The summed E-state index contributed by atoms with van der Waals surface area (Å²) < 4.78 is 37.0. The number of anilines is 1. The van der Waals surface area contributed by atoms with E-state index in [9.17, 15) is 22.8 Å². The molecule has 8 heteroatoms. The van der Waals surface area contributed by atoms with Crippen LogP contribution in [-0.2, 0) is 11.0 Å². The monoisotopic (exact) mass is 290 g/mol. The maximum absolute atomic E-state index is 12.3. The smallest absolute Gasteiger partial charge is 0.416 e. The Balaban J connectivity index is 2.73. The fourth-order valence-electron chi connectivity index (χ4n) is 1.44. The van der Waals surface area contributed by atoms with Gasteiger partial charge in [0.2, 0.25) is 0 Å². The van der Waals surface area contributed by atoms with E-state index in [1.165, 1.54) is 0 Å². The molecule has 110 valence electrons. The Morgan fingerprint density at radius 3 is 2.20 bits per heavy atom. The second-order valence-corrected chi connectivity index (χ2v) is 3.91. The number of aliphatic carboxylic acids is 1. The Kier molecular flexibility index (Phi) is 4.95. The minimum absolute atomic E-state index is 0.159. The number of likely N-dealkylation sites (N-methyl/N-ethyl adjacent to an activating group) is 1. The molecule has 2 amide bonds. The zero-order chi connectivity index (χ0) is 15.3. The topological polar surface area (TPSA) is 69.6 Å². The van der Waals surface area contributed by atoms with Crippen molar-refractivity contribution < 1.29 is 27.9 Å². The van der Waals surface area contributed by atoms with Gasteiger partial charge in [-0.2, -0.15) is 13.2 Å². The number of carbonyl (C=O) groups excluding carboxylic acids is 1. The summed E-state index contributed by atoms with van der Waals surface area (Å²) in [6.45, 7) is 1.27. The first-order valence-electron chi connectivity index (χ1n) is 5.69. The molecule has 5 nitrogen and oxygen atoms in total. The number of benzene rings is 1. The van der Waals surface area contributed by atoms with E-state index in [4.69, 9.17) is 5.11 Å². The largest absolute Gasteiger partial charge is 0.480 e. The van der Waals surface area contributed by atoms with E-state index in [1.54, 1.807) is 6.92 Å². The molecule has 0 spiro atoms. The molecule has 0 aliphatic carbocycles. The van der Waals surface area contributed by atoms with Crippen molar-refractivity contribution in [2.45, 2.75) is 13.1 Å². The van der Waals surface area contributed by atoms with Crippen molar-refractivity contribution in [1.82, 2.24) is 4.90 Å². The molecule has 0 fully saturated rings. The summed E-state index contributed by atoms with van der Waals surface area (Å²) in [7, 11) is 0. The summed E-state index contributed by atoms with van der Waals surface area (Å²) in [5.41, 5.74) is -0.666. The first-order chi connectivity index (χ1) is 9.24. The van der Waals surface area contributed by atoms with Crippen molar-refractivity contribution in [3.8, 4) is 0 Å². The van der Waals surface area contributed by atoms with Gasteiger partial charge >= 0.3 is 18.2 Å². The van der Waals surface area contributed by atoms with E-state index in [-0.39, 0.29) is 12.2 Å². The molecule has 0 aromatic heterocycles. The SMILES string of the molecule is CCN(CC(=O)O)C(=O)Nc1ccc(C(F)(F)F)cc1.